The van der Waals surface area contributed by atoms with Gasteiger partial charge < -0.3 is 9.64 Å². The number of rotatable bonds is 1. The highest BCUT2D eigenvalue weighted by molar-refractivity contribution is 5.38. The maximum Gasteiger partial charge on any atom is 0.165 e. The second-order valence-electron chi connectivity index (χ2n) is 3.74. The Morgan fingerprint density at radius 2 is 2.14 bits per heavy atom. The quantitative estimate of drug-likeness (QED) is 0.677. The molecule has 0 fully saturated rings. The van der Waals surface area contributed by atoms with Gasteiger partial charge >= 0.3 is 0 Å². The van der Waals surface area contributed by atoms with Crippen molar-refractivity contribution in [2.45, 2.75) is 13.0 Å². The third-order valence-electron chi connectivity index (χ3n) is 2.68. The van der Waals surface area contributed by atoms with E-state index in [0.717, 1.165) is 25.1 Å². The van der Waals surface area contributed by atoms with Gasteiger partial charge in [-0.05, 0) is 36.7 Å². The Morgan fingerprint density at radius 3 is 2.86 bits per heavy atom. The maximum atomic E-state index is 13.3. The number of hydrogen-bond acceptors (Lipinski definition) is 2. The van der Waals surface area contributed by atoms with Gasteiger partial charge in [-0.2, -0.15) is 0 Å². The molecule has 1 aromatic carbocycles. The van der Waals surface area contributed by atoms with E-state index in [2.05, 4.69) is 11.9 Å². The van der Waals surface area contributed by atoms with Crippen molar-refractivity contribution in [1.29, 1.82) is 0 Å². The predicted molar refractivity (Wildman–Crippen MR) is 53.0 cm³/mol. The SMILES string of the molecule is COc1cc2c(cc1F)CCN(C)C2. The maximum absolute atomic E-state index is 13.3. The molecule has 1 heterocycles. The van der Waals surface area contributed by atoms with Gasteiger partial charge in [0.05, 0.1) is 7.11 Å². The van der Waals surface area contributed by atoms with Gasteiger partial charge in [0.15, 0.2) is 11.6 Å². The summed E-state index contributed by atoms with van der Waals surface area (Å²) in [7, 11) is 3.57. The van der Waals surface area contributed by atoms with Crippen LogP contribution in [-0.4, -0.2) is 25.6 Å². The van der Waals surface area contributed by atoms with Crippen LogP contribution in [0.25, 0.3) is 0 Å². The average Bonchev–Trinajstić information content (AvgIpc) is 2.17. The lowest BCUT2D eigenvalue weighted by Gasteiger charge is -2.25. The van der Waals surface area contributed by atoms with Crippen LogP contribution in [0.2, 0.25) is 0 Å². The summed E-state index contributed by atoms with van der Waals surface area (Å²) in [6, 6.07) is 3.40. The minimum atomic E-state index is -0.254. The largest absolute Gasteiger partial charge is 0.494 e. The third kappa shape index (κ3) is 1.60. The monoisotopic (exact) mass is 195 g/mol. The van der Waals surface area contributed by atoms with E-state index in [1.807, 2.05) is 0 Å². The van der Waals surface area contributed by atoms with E-state index in [1.165, 1.54) is 12.7 Å². The fraction of sp³-hybridized carbons (Fsp3) is 0.455. The van der Waals surface area contributed by atoms with Gasteiger partial charge in [0.2, 0.25) is 0 Å². The fourth-order valence-electron chi connectivity index (χ4n) is 1.85. The Hall–Kier alpha value is -1.09. The first-order chi connectivity index (χ1) is 6.70. The lowest BCUT2D eigenvalue weighted by atomic mass is 9.99. The highest BCUT2D eigenvalue weighted by Crippen LogP contribution is 2.26. The van der Waals surface area contributed by atoms with Gasteiger partial charge in [0.1, 0.15) is 0 Å². The van der Waals surface area contributed by atoms with Crippen molar-refractivity contribution in [3.8, 4) is 5.75 Å². The second-order valence-corrected chi connectivity index (χ2v) is 3.74. The molecule has 0 bridgehead atoms. The molecule has 0 N–H and O–H groups in total. The molecule has 0 atom stereocenters. The molecule has 0 aliphatic carbocycles. The van der Waals surface area contributed by atoms with Gasteiger partial charge in [-0.25, -0.2) is 4.39 Å². The summed E-state index contributed by atoms with van der Waals surface area (Å²) in [5.74, 6) is 0.0925. The van der Waals surface area contributed by atoms with E-state index < -0.39 is 0 Å². The normalized spacial score (nSPS) is 16.5. The summed E-state index contributed by atoms with van der Waals surface area (Å²) in [6.45, 7) is 1.88. The number of methoxy groups -OCH3 is 1. The first-order valence-corrected chi connectivity index (χ1v) is 4.74. The van der Waals surface area contributed by atoms with Crippen molar-refractivity contribution in [3.63, 3.8) is 0 Å². The molecule has 0 saturated carbocycles. The van der Waals surface area contributed by atoms with Crippen LogP contribution >= 0.6 is 0 Å². The van der Waals surface area contributed by atoms with Crippen molar-refractivity contribution in [3.05, 3.63) is 29.1 Å². The minimum Gasteiger partial charge on any atom is -0.494 e. The molecule has 0 unspecified atom stereocenters. The summed E-state index contributed by atoms with van der Waals surface area (Å²) in [5.41, 5.74) is 2.29. The smallest absolute Gasteiger partial charge is 0.165 e. The predicted octanol–water partition coefficient (Wildman–Crippen LogP) is 1.82. The standard InChI is InChI=1S/C11H14FNO/c1-13-4-3-8-5-10(12)11(14-2)6-9(8)7-13/h5-6H,3-4,7H2,1-2H3. The third-order valence-corrected chi connectivity index (χ3v) is 2.68. The zero-order valence-electron chi connectivity index (χ0n) is 8.51. The van der Waals surface area contributed by atoms with Gasteiger partial charge in [-0.3, -0.25) is 0 Å². The Morgan fingerprint density at radius 1 is 1.36 bits per heavy atom. The molecule has 14 heavy (non-hydrogen) atoms. The Balaban J connectivity index is 2.41. The summed E-state index contributed by atoms with van der Waals surface area (Å²) in [5, 5.41) is 0. The second kappa shape index (κ2) is 3.58. The molecular weight excluding hydrogens is 181 g/mol. The molecule has 0 amide bonds. The van der Waals surface area contributed by atoms with Gasteiger partial charge in [0, 0.05) is 13.1 Å². The zero-order valence-corrected chi connectivity index (χ0v) is 8.51. The Bertz CT molecular complexity index is 351. The van der Waals surface area contributed by atoms with Crippen LogP contribution in [0.1, 0.15) is 11.1 Å². The molecule has 0 spiro atoms. The summed E-state index contributed by atoms with van der Waals surface area (Å²) in [6.07, 6.45) is 0.923. The molecule has 2 rings (SSSR count). The Kier molecular flexibility index (Phi) is 2.42. The average molecular weight is 195 g/mol. The molecule has 0 radical (unpaired) electrons. The molecular formula is C11H14FNO. The molecule has 1 aromatic rings. The van der Waals surface area contributed by atoms with Crippen LogP contribution in [0.4, 0.5) is 4.39 Å². The van der Waals surface area contributed by atoms with E-state index >= 15 is 0 Å². The lowest BCUT2D eigenvalue weighted by Crippen LogP contribution is -2.26. The van der Waals surface area contributed by atoms with Crippen LogP contribution in [0.15, 0.2) is 12.1 Å². The molecule has 3 heteroatoms. The number of benzene rings is 1. The first kappa shape index (κ1) is 9.46. The molecule has 1 aliphatic rings. The molecule has 0 saturated heterocycles. The number of fused-ring (bicyclic) bond motifs is 1. The molecule has 76 valence electrons. The van der Waals surface area contributed by atoms with Crippen molar-refractivity contribution in [1.82, 2.24) is 4.90 Å². The number of halogens is 1. The first-order valence-electron chi connectivity index (χ1n) is 4.74. The van der Waals surface area contributed by atoms with Crippen LogP contribution in [-0.2, 0) is 13.0 Å². The van der Waals surface area contributed by atoms with Gasteiger partial charge in [0.25, 0.3) is 0 Å². The minimum absolute atomic E-state index is 0.254. The van der Waals surface area contributed by atoms with Gasteiger partial charge in [-0.1, -0.05) is 0 Å². The highest BCUT2D eigenvalue weighted by atomic mass is 19.1. The highest BCUT2D eigenvalue weighted by Gasteiger charge is 2.16. The summed E-state index contributed by atoms with van der Waals surface area (Å²) >= 11 is 0. The molecule has 2 nitrogen and oxygen atoms in total. The lowest BCUT2D eigenvalue weighted by molar-refractivity contribution is 0.309. The van der Waals surface area contributed by atoms with Gasteiger partial charge in [-0.15, -0.1) is 0 Å². The number of ether oxygens (including phenoxy) is 1. The van der Waals surface area contributed by atoms with Crippen molar-refractivity contribution in [2.75, 3.05) is 20.7 Å². The fourth-order valence-corrected chi connectivity index (χ4v) is 1.85. The topological polar surface area (TPSA) is 12.5 Å². The van der Waals surface area contributed by atoms with Crippen LogP contribution < -0.4 is 4.74 Å². The van der Waals surface area contributed by atoms with E-state index in [-0.39, 0.29) is 5.82 Å². The van der Waals surface area contributed by atoms with Crippen LogP contribution in [0.3, 0.4) is 0 Å². The zero-order chi connectivity index (χ0) is 10.1. The summed E-state index contributed by atoms with van der Waals surface area (Å²) < 4.78 is 18.3. The van der Waals surface area contributed by atoms with E-state index in [0.29, 0.717) is 5.75 Å². The van der Waals surface area contributed by atoms with Crippen LogP contribution in [0, 0.1) is 5.82 Å². The van der Waals surface area contributed by atoms with E-state index in [4.69, 9.17) is 4.74 Å². The number of likely N-dealkylation sites (N-methyl/N-ethyl adjacent to an activating group) is 1. The Labute approximate surface area is 83.3 Å². The van der Waals surface area contributed by atoms with Crippen LogP contribution in [0.5, 0.6) is 5.75 Å². The molecule has 0 aromatic heterocycles. The number of nitrogens with zero attached hydrogens (tertiary/aromatic N) is 1. The van der Waals surface area contributed by atoms with Crippen molar-refractivity contribution >= 4 is 0 Å². The molecule has 1 aliphatic heterocycles. The number of hydrogen-bond donors (Lipinski definition) is 0. The van der Waals surface area contributed by atoms with Crippen molar-refractivity contribution < 1.29 is 9.13 Å². The van der Waals surface area contributed by atoms with Crippen molar-refractivity contribution in [2.24, 2.45) is 0 Å². The summed E-state index contributed by atoms with van der Waals surface area (Å²) in [4.78, 5) is 2.22. The van der Waals surface area contributed by atoms with E-state index in [9.17, 15) is 4.39 Å². The van der Waals surface area contributed by atoms with E-state index in [1.54, 1.807) is 12.1 Å².